The molecule has 92 valence electrons. The second-order valence-corrected chi connectivity index (χ2v) is 3.81. The number of ether oxygens (including phenoxy) is 1. The number of nitrogens with zero attached hydrogens (tertiary/aromatic N) is 2. The minimum Gasteiger partial charge on any atom is -0.494 e. The molecule has 0 saturated heterocycles. The van der Waals surface area contributed by atoms with Crippen molar-refractivity contribution in [1.29, 1.82) is 5.26 Å². The molecule has 1 aromatic carbocycles. The van der Waals surface area contributed by atoms with Crippen LogP contribution in [0.3, 0.4) is 0 Å². The first-order valence-corrected chi connectivity index (χ1v) is 5.49. The van der Waals surface area contributed by atoms with Gasteiger partial charge in [-0.3, -0.25) is 0 Å². The Balaban J connectivity index is 2.07. The first kappa shape index (κ1) is 12.1. The van der Waals surface area contributed by atoms with Crippen molar-refractivity contribution in [3.05, 3.63) is 47.3 Å². The maximum absolute atomic E-state index is 13.5. The number of halogens is 1. The topological polar surface area (TPSA) is 61.7 Å². The van der Waals surface area contributed by atoms with Gasteiger partial charge < -0.3 is 9.72 Å². The van der Waals surface area contributed by atoms with Crippen LogP contribution in [0.25, 0.3) is 0 Å². The average Bonchev–Trinajstić information content (AvgIpc) is 2.84. The number of rotatable bonds is 4. The standard InChI is InChI=1S/C13H12FN3O/c1-18-13-5-3-9(6-10(13)14)2-4-11-12(7-15)17-8-16-11/h3,5-6,8H,2,4H2,1H3,(H,16,17). The smallest absolute Gasteiger partial charge is 0.165 e. The lowest BCUT2D eigenvalue weighted by Crippen LogP contribution is -1.96. The van der Waals surface area contributed by atoms with Gasteiger partial charge in [-0.15, -0.1) is 0 Å². The summed E-state index contributed by atoms with van der Waals surface area (Å²) in [5, 5.41) is 8.81. The molecule has 1 heterocycles. The van der Waals surface area contributed by atoms with Crippen molar-refractivity contribution in [2.45, 2.75) is 12.8 Å². The van der Waals surface area contributed by atoms with Crippen molar-refractivity contribution >= 4 is 0 Å². The maximum atomic E-state index is 13.5. The van der Waals surface area contributed by atoms with E-state index in [-0.39, 0.29) is 11.6 Å². The Labute approximate surface area is 104 Å². The molecular formula is C13H12FN3O. The van der Waals surface area contributed by atoms with Gasteiger partial charge in [0.15, 0.2) is 17.3 Å². The molecule has 0 atom stereocenters. The number of hydrogen-bond donors (Lipinski definition) is 1. The van der Waals surface area contributed by atoms with E-state index in [2.05, 4.69) is 9.97 Å². The summed E-state index contributed by atoms with van der Waals surface area (Å²) in [5.41, 5.74) is 2.02. The van der Waals surface area contributed by atoms with Crippen LogP contribution in [-0.4, -0.2) is 17.1 Å². The molecular weight excluding hydrogens is 233 g/mol. The Morgan fingerprint density at radius 3 is 2.94 bits per heavy atom. The summed E-state index contributed by atoms with van der Waals surface area (Å²) in [5.74, 6) is -0.141. The van der Waals surface area contributed by atoms with Gasteiger partial charge in [0.2, 0.25) is 0 Å². The number of aromatic amines is 1. The van der Waals surface area contributed by atoms with Crippen LogP contribution >= 0.6 is 0 Å². The average molecular weight is 245 g/mol. The SMILES string of the molecule is COc1ccc(CCc2[nH]cnc2C#N)cc1F. The number of hydrogen-bond acceptors (Lipinski definition) is 3. The lowest BCUT2D eigenvalue weighted by Gasteiger charge is -2.04. The van der Waals surface area contributed by atoms with E-state index in [4.69, 9.17) is 10.00 Å². The molecule has 0 unspecified atom stereocenters. The van der Waals surface area contributed by atoms with Gasteiger partial charge in [-0.25, -0.2) is 9.37 Å². The van der Waals surface area contributed by atoms with E-state index in [0.717, 1.165) is 11.3 Å². The van der Waals surface area contributed by atoms with Crippen LogP contribution in [0.1, 0.15) is 17.0 Å². The van der Waals surface area contributed by atoms with Gasteiger partial charge >= 0.3 is 0 Å². The van der Waals surface area contributed by atoms with Crippen molar-refractivity contribution in [2.24, 2.45) is 0 Å². The predicted octanol–water partition coefficient (Wildman–Crippen LogP) is 2.21. The van der Waals surface area contributed by atoms with Gasteiger partial charge in [0.1, 0.15) is 6.07 Å². The lowest BCUT2D eigenvalue weighted by atomic mass is 10.1. The molecule has 2 aromatic rings. The zero-order chi connectivity index (χ0) is 13.0. The highest BCUT2D eigenvalue weighted by Crippen LogP contribution is 2.18. The van der Waals surface area contributed by atoms with E-state index in [1.807, 2.05) is 12.1 Å². The molecule has 0 saturated carbocycles. The number of aryl methyl sites for hydroxylation is 2. The minimum atomic E-state index is -0.375. The van der Waals surface area contributed by atoms with Crippen LogP contribution in [0.4, 0.5) is 4.39 Å². The molecule has 0 amide bonds. The van der Waals surface area contributed by atoms with Crippen molar-refractivity contribution in [2.75, 3.05) is 7.11 Å². The van der Waals surface area contributed by atoms with Crippen LogP contribution in [0.2, 0.25) is 0 Å². The highest BCUT2D eigenvalue weighted by Gasteiger charge is 2.07. The van der Waals surface area contributed by atoms with Crippen LogP contribution in [0, 0.1) is 17.1 Å². The summed E-state index contributed by atoms with van der Waals surface area (Å²) < 4.78 is 18.3. The maximum Gasteiger partial charge on any atom is 0.165 e. The Bertz CT molecular complexity index is 586. The molecule has 4 nitrogen and oxygen atoms in total. The third kappa shape index (κ3) is 2.48. The number of methoxy groups -OCH3 is 1. The van der Waals surface area contributed by atoms with E-state index < -0.39 is 0 Å². The molecule has 5 heteroatoms. The van der Waals surface area contributed by atoms with Gasteiger partial charge in [0, 0.05) is 0 Å². The van der Waals surface area contributed by atoms with Crippen LogP contribution in [-0.2, 0) is 12.8 Å². The summed E-state index contributed by atoms with van der Waals surface area (Å²) >= 11 is 0. The first-order chi connectivity index (χ1) is 8.74. The zero-order valence-corrected chi connectivity index (χ0v) is 9.90. The normalized spacial score (nSPS) is 10.1. The highest BCUT2D eigenvalue weighted by atomic mass is 19.1. The number of benzene rings is 1. The third-order valence-corrected chi connectivity index (χ3v) is 2.70. The zero-order valence-electron chi connectivity index (χ0n) is 9.90. The van der Waals surface area contributed by atoms with Crippen LogP contribution in [0.15, 0.2) is 24.5 Å². The van der Waals surface area contributed by atoms with Gasteiger partial charge in [-0.05, 0) is 30.5 Å². The minimum absolute atomic E-state index is 0.234. The molecule has 0 aliphatic rings. The quantitative estimate of drug-likeness (QED) is 0.898. The van der Waals surface area contributed by atoms with E-state index in [1.165, 1.54) is 19.5 Å². The Hall–Kier alpha value is -2.35. The van der Waals surface area contributed by atoms with Crippen molar-refractivity contribution in [1.82, 2.24) is 9.97 Å². The van der Waals surface area contributed by atoms with Crippen molar-refractivity contribution in [3.63, 3.8) is 0 Å². The molecule has 0 aliphatic carbocycles. The van der Waals surface area contributed by atoms with E-state index in [1.54, 1.807) is 6.07 Å². The molecule has 18 heavy (non-hydrogen) atoms. The molecule has 0 radical (unpaired) electrons. The van der Waals surface area contributed by atoms with Gasteiger partial charge in [0.25, 0.3) is 0 Å². The number of nitrogens with one attached hydrogen (secondary N) is 1. The summed E-state index contributed by atoms with van der Waals surface area (Å²) in [7, 11) is 1.43. The molecule has 0 aliphatic heterocycles. The summed E-state index contributed by atoms with van der Waals surface area (Å²) in [6, 6.07) is 6.86. The summed E-state index contributed by atoms with van der Waals surface area (Å²) in [6.07, 6.45) is 2.74. The van der Waals surface area contributed by atoms with Crippen molar-refractivity contribution < 1.29 is 9.13 Å². The van der Waals surface area contributed by atoms with Crippen LogP contribution < -0.4 is 4.74 Å². The molecule has 0 fully saturated rings. The number of imidazole rings is 1. The highest BCUT2D eigenvalue weighted by molar-refractivity contribution is 5.31. The molecule has 0 bridgehead atoms. The largest absolute Gasteiger partial charge is 0.494 e. The number of nitriles is 1. The molecule has 0 spiro atoms. The van der Waals surface area contributed by atoms with Gasteiger partial charge in [0.05, 0.1) is 19.1 Å². The molecule has 1 aromatic heterocycles. The monoisotopic (exact) mass is 245 g/mol. The van der Waals surface area contributed by atoms with E-state index >= 15 is 0 Å². The Morgan fingerprint density at radius 2 is 2.28 bits per heavy atom. The fourth-order valence-electron chi connectivity index (χ4n) is 1.74. The third-order valence-electron chi connectivity index (χ3n) is 2.70. The van der Waals surface area contributed by atoms with Crippen LogP contribution in [0.5, 0.6) is 5.75 Å². The summed E-state index contributed by atoms with van der Waals surface area (Å²) in [6.45, 7) is 0. The van der Waals surface area contributed by atoms with Gasteiger partial charge in [-0.2, -0.15) is 5.26 Å². The van der Waals surface area contributed by atoms with Crippen molar-refractivity contribution in [3.8, 4) is 11.8 Å². The van der Waals surface area contributed by atoms with E-state index in [9.17, 15) is 4.39 Å². The summed E-state index contributed by atoms with van der Waals surface area (Å²) in [4.78, 5) is 6.79. The molecule has 2 rings (SSSR count). The second kappa shape index (κ2) is 5.32. The molecule has 1 N–H and O–H groups in total. The Morgan fingerprint density at radius 1 is 1.44 bits per heavy atom. The first-order valence-electron chi connectivity index (χ1n) is 5.49. The predicted molar refractivity (Wildman–Crippen MR) is 63.7 cm³/mol. The fourth-order valence-corrected chi connectivity index (χ4v) is 1.74. The lowest BCUT2D eigenvalue weighted by molar-refractivity contribution is 0.386. The number of H-pyrrole nitrogens is 1. The second-order valence-electron chi connectivity index (χ2n) is 3.81. The fraction of sp³-hybridized carbons (Fsp3) is 0.231. The van der Waals surface area contributed by atoms with E-state index in [0.29, 0.717) is 18.5 Å². The number of aromatic nitrogens is 2. The van der Waals surface area contributed by atoms with Gasteiger partial charge in [-0.1, -0.05) is 6.07 Å². The Kier molecular flexibility index (Phi) is 3.58.